The van der Waals surface area contributed by atoms with E-state index in [0.29, 0.717) is 11.3 Å². The van der Waals surface area contributed by atoms with E-state index in [-0.39, 0.29) is 0 Å². The van der Waals surface area contributed by atoms with E-state index < -0.39 is 0 Å². The Hall–Kier alpha value is -2.84. The molecule has 3 aromatic rings. The highest BCUT2D eigenvalue weighted by atomic mass is 32.1. The standard InChI is InChI=1S/C28H34N4S/c1-18-14-20(19(2)32(18)23-11-9-22(10-12-23)31(6)7)17-30-27-25(16-29)24-13-8-21(28(3,4)5)15-26(24)33-27/h9-12,14,17,21H,8,13,15H2,1-7H3/t21-/m0/s1. The molecule has 0 spiro atoms. The largest absolute Gasteiger partial charge is 0.378 e. The first kappa shape index (κ1) is 23.3. The first-order chi connectivity index (χ1) is 15.6. The molecule has 0 N–H and O–H groups in total. The second-order valence-corrected chi connectivity index (χ2v) is 11.5. The lowest BCUT2D eigenvalue weighted by molar-refractivity contribution is 0.218. The normalized spacial score (nSPS) is 16.1. The number of nitrogens with zero attached hydrogens (tertiary/aromatic N) is 4. The van der Waals surface area contributed by atoms with E-state index in [4.69, 9.17) is 4.99 Å². The molecule has 5 heteroatoms. The van der Waals surface area contributed by atoms with Crippen LogP contribution in [0, 0.1) is 36.5 Å². The fourth-order valence-electron chi connectivity index (χ4n) is 4.86. The molecule has 4 nitrogen and oxygen atoms in total. The topological polar surface area (TPSA) is 44.3 Å². The van der Waals surface area contributed by atoms with E-state index in [2.05, 4.69) is 94.6 Å². The van der Waals surface area contributed by atoms with Gasteiger partial charge in [0.1, 0.15) is 11.1 Å². The summed E-state index contributed by atoms with van der Waals surface area (Å²) in [6.07, 6.45) is 5.14. The van der Waals surface area contributed by atoms with Gasteiger partial charge in [-0.15, -0.1) is 11.3 Å². The Morgan fingerprint density at radius 3 is 2.48 bits per heavy atom. The Kier molecular flexibility index (Phi) is 6.24. The van der Waals surface area contributed by atoms with Gasteiger partial charge >= 0.3 is 0 Å². The Balaban J connectivity index is 1.64. The van der Waals surface area contributed by atoms with Gasteiger partial charge in [-0.2, -0.15) is 5.26 Å². The predicted octanol–water partition coefficient (Wildman–Crippen LogP) is 6.99. The lowest BCUT2D eigenvalue weighted by atomic mass is 9.72. The third-order valence-corrected chi connectivity index (χ3v) is 8.16. The molecule has 0 saturated heterocycles. The highest BCUT2D eigenvalue weighted by Gasteiger charge is 2.32. The van der Waals surface area contributed by atoms with E-state index in [9.17, 15) is 5.26 Å². The number of benzene rings is 1. The molecule has 1 aliphatic rings. The van der Waals surface area contributed by atoms with Gasteiger partial charge in [0.25, 0.3) is 0 Å². The van der Waals surface area contributed by atoms with Crippen molar-refractivity contribution < 1.29 is 0 Å². The van der Waals surface area contributed by atoms with E-state index in [1.165, 1.54) is 21.8 Å². The summed E-state index contributed by atoms with van der Waals surface area (Å²) < 4.78 is 2.26. The average molecular weight is 459 g/mol. The molecule has 2 heterocycles. The number of aryl methyl sites for hydroxylation is 1. The summed E-state index contributed by atoms with van der Waals surface area (Å²) in [5.74, 6) is 0.657. The highest BCUT2D eigenvalue weighted by Crippen LogP contribution is 2.44. The molecule has 1 aromatic carbocycles. The zero-order valence-electron chi connectivity index (χ0n) is 20.9. The fourth-order valence-corrected chi connectivity index (χ4v) is 6.08. The molecule has 2 aromatic heterocycles. The lowest BCUT2D eigenvalue weighted by Gasteiger charge is -2.33. The quantitative estimate of drug-likeness (QED) is 0.395. The first-order valence-electron chi connectivity index (χ1n) is 11.7. The van der Waals surface area contributed by atoms with Gasteiger partial charge in [0, 0.05) is 53.5 Å². The summed E-state index contributed by atoms with van der Waals surface area (Å²) in [6.45, 7) is 11.2. The summed E-state index contributed by atoms with van der Waals surface area (Å²) in [6, 6.07) is 13.2. The Morgan fingerprint density at radius 1 is 1.18 bits per heavy atom. The van der Waals surface area contributed by atoms with Crippen LogP contribution in [0.5, 0.6) is 0 Å². The average Bonchev–Trinajstić information content (AvgIpc) is 3.26. The smallest absolute Gasteiger partial charge is 0.134 e. The number of thiophene rings is 1. The maximum absolute atomic E-state index is 9.87. The van der Waals surface area contributed by atoms with Gasteiger partial charge in [0.2, 0.25) is 0 Å². The summed E-state index contributed by atoms with van der Waals surface area (Å²) in [7, 11) is 4.11. The summed E-state index contributed by atoms with van der Waals surface area (Å²) >= 11 is 1.71. The molecular weight excluding hydrogens is 424 g/mol. The SMILES string of the molecule is Cc1cc(C=Nc2sc3c(c2C#N)CC[C@H](C(C)(C)C)C3)c(C)n1-c1ccc(N(C)C)cc1. The molecule has 172 valence electrons. The summed E-state index contributed by atoms with van der Waals surface area (Å²) in [5.41, 5.74) is 8.06. The Labute approximate surface area is 202 Å². The van der Waals surface area contributed by atoms with Crippen LogP contribution in [0.25, 0.3) is 5.69 Å². The van der Waals surface area contributed by atoms with Gasteiger partial charge in [0.15, 0.2) is 0 Å². The molecule has 0 amide bonds. The maximum Gasteiger partial charge on any atom is 0.134 e. The molecule has 0 unspecified atom stereocenters. The zero-order chi connectivity index (χ0) is 23.9. The van der Waals surface area contributed by atoms with Crippen molar-refractivity contribution in [2.24, 2.45) is 16.3 Å². The minimum Gasteiger partial charge on any atom is -0.378 e. The Bertz CT molecular complexity index is 1230. The third kappa shape index (κ3) is 4.50. The van der Waals surface area contributed by atoms with Crippen LogP contribution in [0.3, 0.4) is 0 Å². The van der Waals surface area contributed by atoms with Gasteiger partial charge < -0.3 is 9.47 Å². The first-order valence-corrected chi connectivity index (χ1v) is 12.5. The second kappa shape index (κ2) is 8.83. The molecule has 0 bridgehead atoms. The van der Waals surface area contributed by atoms with Crippen molar-refractivity contribution >= 4 is 28.2 Å². The van der Waals surface area contributed by atoms with Crippen molar-refractivity contribution in [2.45, 2.75) is 53.9 Å². The molecular formula is C28H34N4S. The Morgan fingerprint density at radius 2 is 1.88 bits per heavy atom. The zero-order valence-corrected chi connectivity index (χ0v) is 21.7. The molecule has 1 atom stereocenters. The predicted molar refractivity (Wildman–Crippen MR) is 141 cm³/mol. The van der Waals surface area contributed by atoms with Gasteiger partial charge in [-0.05, 0) is 80.3 Å². The van der Waals surface area contributed by atoms with Crippen LogP contribution in [-0.2, 0) is 12.8 Å². The van der Waals surface area contributed by atoms with E-state index >= 15 is 0 Å². The number of nitriles is 1. The molecule has 1 aliphatic carbocycles. The van der Waals surface area contributed by atoms with Crippen LogP contribution < -0.4 is 4.90 Å². The number of anilines is 1. The van der Waals surface area contributed by atoms with Crippen LogP contribution in [0.2, 0.25) is 0 Å². The maximum atomic E-state index is 9.87. The van der Waals surface area contributed by atoms with Crippen LogP contribution in [0.1, 0.15) is 60.1 Å². The minimum absolute atomic E-state index is 0.292. The lowest BCUT2D eigenvalue weighted by Crippen LogP contribution is -2.26. The number of hydrogen-bond donors (Lipinski definition) is 0. The van der Waals surface area contributed by atoms with Gasteiger partial charge in [-0.3, -0.25) is 0 Å². The number of hydrogen-bond acceptors (Lipinski definition) is 4. The number of aromatic nitrogens is 1. The summed E-state index contributed by atoms with van der Waals surface area (Å²) in [4.78, 5) is 8.30. The van der Waals surface area contributed by atoms with E-state index in [0.717, 1.165) is 46.8 Å². The summed E-state index contributed by atoms with van der Waals surface area (Å²) in [5, 5.41) is 10.7. The molecule has 0 radical (unpaired) electrons. The molecule has 33 heavy (non-hydrogen) atoms. The molecule has 0 aliphatic heterocycles. The molecule has 0 saturated carbocycles. The van der Waals surface area contributed by atoms with E-state index in [1.54, 1.807) is 11.3 Å². The van der Waals surface area contributed by atoms with Crippen molar-refractivity contribution in [3.05, 3.63) is 63.3 Å². The van der Waals surface area contributed by atoms with Crippen LogP contribution in [-0.4, -0.2) is 24.9 Å². The van der Waals surface area contributed by atoms with Gasteiger partial charge in [0.05, 0.1) is 5.56 Å². The van der Waals surface area contributed by atoms with Crippen LogP contribution in [0.4, 0.5) is 10.7 Å². The van der Waals surface area contributed by atoms with Crippen LogP contribution in [0.15, 0.2) is 35.3 Å². The fraction of sp³-hybridized carbons (Fsp3) is 0.429. The van der Waals surface area contributed by atoms with Crippen LogP contribution >= 0.6 is 11.3 Å². The van der Waals surface area contributed by atoms with Crippen molar-refractivity contribution in [1.29, 1.82) is 5.26 Å². The molecule has 4 rings (SSSR count). The number of fused-ring (bicyclic) bond motifs is 1. The van der Waals surface area contributed by atoms with Gasteiger partial charge in [-0.1, -0.05) is 20.8 Å². The third-order valence-electron chi connectivity index (χ3n) is 7.00. The van der Waals surface area contributed by atoms with Crippen molar-refractivity contribution in [2.75, 3.05) is 19.0 Å². The minimum atomic E-state index is 0.292. The van der Waals surface area contributed by atoms with Crippen molar-refractivity contribution in [3.63, 3.8) is 0 Å². The number of aliphatic imine (C=N–C) groups is 1. The number of rotatable bonds is 4. The van der Waals surface area contributed by atoms with Crippen molar-refractivity contribution in [1.82, 2.24) is 4.57 Å². The van der Waals surface area contributed by atoms with E-state index in [1.807, 2.05) is 6.21 Å². The highest BCUT2D eigenvalue weighted by molar-refractivity contribution is 7.16. The van der Waals surface area contributed by atoms with Crippen molar-refractivity contribution in [3.8, 4) is 11.8 Å². The second-order valence-electron chi connectivity index (χ2n) is 10.4. The molecule has 0 fully saturated rings. The monoisotopic (exact) mass is 458 g/mol. The van der Waals surface area contributed by atoms with Gasteiger partial charge in [-0.25, -0.2) is 4.99 Å².